The van der Waals surface area contributed by atoms with Crippen LogP contribution in [0.4, 0.5) is 0 Å². The number of quaternary nitrogens is 1. The highest BCUT2D eigenvalue weighted by molar-refractivity contribution is 5.77. The van der Waals surface area contributed by atoms with Gasteiger partial charge < -0.3 is 10.2 Å². The molecule has 0 saturated heterocycles. The van der Waals surface area contributed by atoms with Crippen molar-refractivity contribution < 1.29 is 9.69 Å². The molecule has 126 valence electrons. The number of hydrogen-bond donors (Lipinski definition) is 2. The highest BCUT2D eigenvalue weighted by Crippen LogP contribution is 2.27. The predicted octanol–water partition coefficient (Wildman–Crippen LogP) is 2.46. The molecule has 3 atom stereocenters. The van der Waals surface area contributed by atoms with Gasteiger partial charge in [-0.15, -0.1) is 0 Å². The first-order chi connectivity index (χ1) is 11.6. The van der Waals surface area contributed by atoms with Crippen LogP contribution in [0.2, 0.25) is 0 Å². The standard InChI is InChI=1S/C21H26N2O/c1-16(17-9-4-3-5-10-17)22-21(24)15-23(2)20-14-8-12-18-11-6-7-13-19(18)20/h3-7,9-11,13,16,20H,8,12,14-15H2,1-2H3,(H,22,24)/p+1/t16-,20-/m1/s1. The fourth-order valence-electron chi connectivity index (χ4n) is 3.76. The smallest absolute Gasteiger partial charge is 0.275 e. The van der Waals surface area contributed by atoms with Gasteiger partial charge in [0.05, 0.1) is 13.1 Å². The van der Waals surface area contributed by atoms with Gasteiger partial charge in [-0.1, -0.05) is 54.6 Å². The maximum Gasteiger partial charge on any atom is 0.275 e. The molecule has 0 radical (unpaired) electrons. The fourth-order valence-corrected chi connectivity index (χ4v) is 3.76. The highest BCUT2D eigenvalue weighted by atomic mass is 16.2. The van der Waals surface area contributed by atoms with Crippen LogP contribution in [0, 0.1) is 0 Å². The van der Waals surface area contributed by atoms with Crippen molar-refractivity contribution in [1.82, 2.24) is 5.32 Å². The number of aryl methyl sites for hydroxylation is 1. The zero-order chi connectivity index (χ0) is 16.9. The molecule has 0 spiro atoms. The fraction of sp³-hybridized carbons (Fsp3) is 0.381. The van der Waals surface area contributed by atoms with E-state index in [9.17, 15) is 4.79 Å². The average Bonchev–Trinajstić information content (AvgIpc) is 2.61. The average molecular weight is 323 g/mol. The third kappa shape index (κ3) is 3.85. The van der Waals surface area contributed by atoms with Gasteiger partial charge in [0, 0.05) is 12.0 Å². The molecule has 1 aliphatic carbocycles. The van der Waals surface area contributed by atoms with E-state index in [0.717, 1.165) is 18.4 Å². The van der Waals surface area contributed by atoms with E-state index < -0.39 is 0 Å². The van der Waals surface area contributed by atoms with Crippen LogP contribution in [0.3, 0.4) is 0 Å². The van der Waals surface area contributed by atoms with Gasteiger partial charge in [0.2, 0.25) is 0 Å². The van der Waals surface area contributed by atoms with Crippen molar-refractivity contribution in [3.63, 3.8) is 0 Å². The number of amides is 1. The number of carbonyl (C=O) groups is 1. The normalized spacial score (nSPS) is 19.2. The van der Waals surface area contributed by atoms with Gasteiger partial charge in [-0.05, 0) is 30.9 Å². The molecule has 0 bridgehead atoms. The first kappa shape index (κ1) is 16.7. The molecule has 0 heterocycles. The van der Waals surface area contributed by atoms with Crippen molar-refractivity contribution in [3.05, 3.63) is 71.3 Å². The minimum absolute atomic E-state index is 0.0464. The predicted molar refractivity (Wildman–Crippen MR) is 96.9 cm³/mol. The summed E-state index contributed by atoms with van der Waals surface area (Å²) in [6.45, 7) is 2.55. The van der Waals surface area contributed by atoms with E-state index in [1.807, 2.05) is 25.1 Å². The first-order valence-corrected chi connectivity index (χ1v) is 8.89. The Morgan fingerprint density at radius 1 is 1.17 bits per heavy atom. The second-order valence-corrected chi connectivity index (χ2v) is 6.87. The quantitative estimate of drug-likeness (QED) is 0.871. The van der Waals surface area contributed by atoms with Gasteiger partial charge in [-0.2, -0.15) is 0 Å². The summed E-state index contributed by atoms with van der Waals surface area (Å²) in [4.78, 5) is 13.7. The lowest BCUT2D eigenvalue weighted by Gasteiger charge is -2.30. The summed E-state index contributed by atoms with van der Waals surface area (Å²) >= 11 is 0. The van der Waals surface area contributed by atoms with Crippen molar-refractivity contribution in [2.24, 2.45) is 0 Å². The molecular weight excluding hydrogens is 296 g/mol. The molecule has 2 N–H and O–H groups in total. The Balaban J connectivity index is 1.61. The number of rotatable bonds is 5. The van der Waals surface area contributed by atoms with E-state index in [1.165, 1.54) is 22.4 Å². The van der Waals surface area contributed by atoms with E-state index in [-0.39, 0.29) is 11.9 Å². The highest BCUT2D eigenvalue weighted by Gasteiger charge is 2.28. The van der Waals surface area contributed by atoms with Gasteiger partial charge in [0.1, 0.15) is 6.04 Å². The van der Waals surface area contributed by atoms with E-state index >= 15 is 0 Å². The largest absolute Gasteiger partial charge is 0.345 e. The Morgan fingerprint density at radius 3 is 2.67 bits per heavy atom. The van der Waals surface area contributed by atoms with Gasteiger partial charge in [-0.3, -0.25) is 4.79 Å². The molecule has 3 nitrogen and oxygen atoms in total. The van der Waals surface area contributed by atoms with E-state index in [4.69, 9.17) is 0 Å². The number of carbonyl (C=O) groups excluding carboxylic acids is 1. The van der Waals surface area contributed by atoms with Gasteiger partial charge in [-0.25, -0.2) is 0 Å². The molecule has 1 amide bonds. The summed E-state index contributed by atoms with van der Waals surface area (Å²) in [6, 6.07) is 19.3. The van der Waals surface area contributed by atoms with Gasteiger partial charge >= 0.3 is 0 Å². The molecule has 24 heavy (non-hydrogen) atoms. The molecule has 3 rings (SSSR count). The van der Waals surface area contributed by atoms with Crippen molar-refractivity contribution in [3.8, 4) is 0 Å². The zero-order valence-corrected chi connectivity index (χ0v) is 14.6. The first-order valence-electron chi connectivity index (χ1n) is 8.89. The van der Waals surface area contributed by atoms with E-state index in [0.29, 0.717) is 12.6 Å². The zero-order valence-electron chi connectivity index (χ0n) is 14.6. The Kier molecular flexibility index (Phi) is 5.31. The van der Waals surface area contributed by atoms with Crippen LogP contribution in [0.25, 0.3) is 0 Å². The minimum Gasteiger partial charge on any atom is -0.345 e. The SMILES string of the molecule is C[C@@H](NC(=O)C[NH+](C)[C@@H]1CCCc2ccccc21)c1ccccc1. The summed E-state index contributed by atoms with van der Waals surface area (Å²) in [5, 5.41) is 3.13. The summed E-state index contributed by atoms with van der Waals surface area (Å²) in [5.74, 6) is 0.118. The lowest BCUT2D eigenvalue weighted by molar-refractivity contribution is -0.905. The van der Waals surface area contributed by atoms with Crippen LogP contribution < -0.4 is 10.2 Å². The van der Waals surface area contributed by atoms with Crippen LogP contribution in [-0.4, -0.2) is 19.5 Å². The summed E-state index contributed by atoms with van der Waals surface area (Å²) in [6.07, 6.45) is 3.53. The number of fused-ring (bicyclic) bond motifs is 1. The minimum atomic E-state index is 0.0464. The second-order valence-electron chi connectivity index (χ2n) is 6.87. The number of benzene rings is 2. The Labute approximate surface area is 144 Å². The number of nitrogens with one attached hydrogen (secondary N) is 2. The number of hydrogen-bond acceptors (Lipinski definition) is 1. The van der Waals surface area contributed by atoms with Crippen molar-refractivity contribution in [2.75, 3.05) is 13.6 Å². The van der Waals surface area contributed by atoms with E-state index in [2.05, 4.69) is 48.8 Å². The topological polar surface area (TPSA) is 33.5 Å². The lowest BCUT2D eigenvalue weighted by Crippen LogP contribution is -3.10. The number of likely N-dealkylation sites (N-methyl/N-ethyl adjacent to an activating group) is 1. The Bertz CT molecular complexity index is 683. The monoisotopic (exact) mass is 323 g/mol. The summed E-state index contributed by atoms with van der Waals surface area (Å²) in [5.41, 5.74) is 4.02. The van der Waals surface area contributed by atoms with Crippen LogP contribution in [0.5, 0.6) is 0 Å². The molecule has 0 saturated carbocycles. The van der Waals surface area contributed by atoms with Crippen molar-refractivity contribution in [1.29, 1.82) is 0 Å². The molecule has 0 aliphatic heterocycles. The molecule has 3 heteroatoms. The van der Waals surface area contributed by atoms with Gasteiger partial charge in [0.15, 0.2) is 6.54 Å². The third-order valence-corrected chi connectivity index (χ3v) is 5.08. The van der Waals surface area contributed by atoms with Crippen LogP contribution >= 0.6 is 0 Å². The summed E-state index contributed by atoms with van der Waals surface area (Å²) in [7, 11) is 2.14. The molecule has 0 fully saturated rings. The molecule has 2 aromatic carbocycles. The third-order valence-electron chi connectivity index (χ3n) is 5.08. The van der Waals surface area contributed by atoms with Crippen LogP contribution in [-0.2, 0) is 11.2 Å². The van der Waals surface area contributed by atoms with Crippen LogP contribution in [0.15, 0.2) is 54.6 Å². The van der Waals surface area contributed by atoms with E-state index in [1.54, 1.807) is 0 Å². The molecule has 2 aromatic rings. The Morgan fingerprint density at radius 2 is 1.88 bits per heavy atom. The molecule has 0 aromatic heterocycles. The van der Waals surface area contributed by atoms with Crippen molar-refractivity contribution >= 4 is 5.91 Å². The lowest BCUT2D eigenvalue weighted by atomic mass is 9.87. The Hall–Kier alpha value is -2.13. The maximum absolute atomic E-state index is 12.5. The summed E-state index contributed by atoms with van der Waals surface area (Å²) < 4.78 is 0. The van der Waals surface area contributed by atoms with Crippen LogP contribution in [0.1, 0.15) is 48.5 Å². The van der Waals surface area contributed by atoms with Crippen molar-refractivity contribution in [2.45, 2.75) is 38.3 Å². The molecule has 1 unspecified atom stereocenters. The molecule has 1 aliphatic rings. The molecular formula is C21H27N2O+. The second kappa shape index (κ2) is 7.63. The maximum atomic E-state index is 12.5. The van der Waals surface area contributed by atoms with Gasteiger partial charge in [0.25, 0.3) is 5.91 Å².